The van der Waals surface area contributed by atoms with E-state index in [1.807, 2.05) is 79.0 Å². The molecule has 0 radical (unpaired) electrons. The van der Waals surface area contributed by atoms with Crippen molar-refractivity contribution in [2.24, 2.45) is 11.8 Å². The Balaban J connectivity index is 1.21. The fourth-order valence-electron chi connectivity index (χ4n) is 4.68. The Labute approximate surface area is 263 Å². The van der Waals surface area contributed by atoms with Crippen molar-refractivity contribution in [2.45, 2.75) is 34.2 Å². The first-order chi connectivity index (χ1) is 21.9. The smallest absolute Gasteiger partial charge is 0.228 e. The van der Waals surface area contributed by atoms with Gasteiger partial charge in [-0.25, -0.2) is 9.67 Å². The summed E-state index contributed by atoms with van der Waals surface area (Å²) in [6.07, 6.45) is 1.86. The molecule has 10 heteroatoms. The Morgan fingerprint density at radius 2 is 1.27 bits per heavy atom. The minimum Gasteiger partial charge on any atom is -0.435 e. The highest BCUT2D eigenvalue weighted by molar-refractivity contribution is 5.79. The lowest BCUT2D eigenvalue weighted by Crippen LogP contribution is -2.15. The molecule has 6 rings (SSSR count). The van der Waals surface area contributed by atoms with Gasteiger partial charge in [-0.1, -0.05) is 106 Å². The maximum absolute atomic E-state index is 6.36. The number of rotatable bonds is 12. The van der Waals surface area contributed by atoms with E-state index >= 15 is 0 Å². The Morgan fingerprint density at radius 1 is 0.667 bits per heavy atom. The number of hydrogen-bond donors (Lipinski definition) is 2. The number of anilines is 2. The fraction of sp³-hybridized carbons (Fsp3) is 0.257. The van der Waals surface area contributed by atoms with Gasteiger partial charge in [-0.05, 0) is 29.5 Å². The molecule has 0 saturated heterocycles. The molecule has 0 fully saturated rings. The van der Waals surface area contributed by atoms with Crippen molar-refractivity contribution in [3.63, 3.8) is 0 Å². The summed E-state index contributed by atoms with van der Waals surface area (Å²) in [6.45, 7) is 10.6. The van der Waals surface area contributed by atoms with Crippen molar-refractivity contribution in [1.82, 2.24) is 34.9 Å². The quantitative estimate of drug-likeness (QED) is 0.149. The summed E-state index contributed by atoms with van der Waals surface area (Å²) in [7, 11) is 0. The van der Waals surface area contributed by atoms with Gasteiger partial charge in [0.05, 0.1) is 12.7 Å². The third kappa shape index (κ3) is 7.41. The Kier molecular flexibility index (Phi) is 8.91. The molecular formula is C35H37N9O. The number of oxazole rings is 1. The molecule has 45 heavy (non-hydrogen) atoms. The van der Waals surface area contributed by atoms with Crippen LogP contribution in [0.3, 0.4) is 0 Å². The van der Waals surface area contributed by atoms with Gasteiger partial charge >= 0.3 is 0 Å². The first kappa shape index (κ1) is 29.7. The van der Waals surface area contributed by atoms with E-state index < -0.39 is 0 Å². The Hall–Kier alpha value is -5.38. The van der Waals surface area contributed by atoms with Gasteiger partial charge in [0.2, 0.25) is 17.8 Å². The maximum atomic E-state index is 6.36. The average Bonchev–Trinajstić information content (AvgIpc) is 3.72. The van der Waals surface area contributed by atoms with Crippen LogP contribution in [0.4, 0.5) is 11.9 Å². The first-order valence-corrected chi connectivity index (χ1v) is 15.3. The molecule has 3 aromatic heterocycles. The van der Waals surface area contributed by atoms with Gasteiger partial charge < -0.3 is 15.1 Å². The van der Waals surface area contributed by atoms with E-state index in [9.17, 15) is 0 Å². The normalized spacial score (nSPS) is 11.3. The highest BCUT2D eigenvalue weighted by Gasteiger charge is 2.18. The lowest BCUT2D eigenvalue weighted by atomic mass is 10.1. The number of benzene rings is 3. The summed E-state index contributed by atoms with van der Waals surface area (Å²) in [6, 6.07) is 28.3. The van der Waals surface area contributed by atoms with Crippen molar-refractivity contribution in [3.8, 4) is 45.6 Å². The van der Waals surface area contributed by atoms with Crippen LogP contribution >= 0.6 is 0 Å². The highest BCUT2D eigenvalue weighted by atomic mass is 16.4. The van der Waals surface area contributed by atoms with Crippen molar-refractivity contribution in [1.29, 1.82) is 0 Å². The van der Waals surface area contributed by atoms with Crippen LogP contribution in [0.15, 0.2) is 95.5 Å². The summed E-state index contributed by atoms with van der Waals surface area (Å²) >= 11 is 0. The molecule has 2 N–H and O–H groups in total. The summed E-state index contributed by atoms with van der Waals surface area (Å²) < 4.78 is 8.14. The fourth-order valence-corrected chi connectivity index (χ4v) is 4.68. The molecule has 0 aliphatic heterocycles. The van der Waals surface area contributed by atoms with Crippen LogP contribution < -0.4 is 10.6 Å². The maximum Gasteiger partial charge on any atom is 0.228 e. The first-order valence-electron chi connectivity index (χ1n) is 15.3. The van der Waals surface area contributed by atoms with Crippen molar-refractivity contribution in [3.05, 3.63) is 96.7 Å². The minimum atomic E-state index is 0.449. The monoisotopic (exact) mass is 599 g/mol. The molecule has 0 amide bonds. The molecule has 228 valence electrons. The SMILES string of the molecule is CC(C)CNc1nc(NCC(C)C)nc(-c2cn(Cc3ccc(-c4nc(-c5ccccc5)c(-c5ccccc5)o4)cc3)nn2)n1. The molecule has 0 bridgehead atoms. The topological polar surface area (TPSA) is 119 Å². The third-order valence-electron chi connectivity index (χ3n) is 7.00. The lowest BCUT2D eigenvalue weighted by molar-refractivity contribution is 0.589. The molecule has 3 heterocycles. The zero-order valence-corrected chi connectivity index (χ0v) is 26.0. The number of aromatic nitrogens is 7. The van der Waals surface area contributed by atoms with Gasteiger partial charge in [0.1, 0.15) is 5.69 Å². The molecule has 0 atom stereocenters. The second-order valence-corrected chi connectivity index (χ2v) is 11.8. The van der Waals surface area contributed by atoms with Gasteiger partial charge in [-0.15, -0.1) is 5.10 Å². The van der Waals surface area contributed by atoms with Crippen LogP contribution in [0.5, 0.6) is 0 Å². The lowest BCUT2D eigenvalue weighted by Gasteiger charge is -2.11. The predicted octanol–water partition coefficient (Wildman–Crippen LogP) is 7.30. The zero-order chi connectivity index (χ0) is 31.2. The second-order valence-electron chi connectivity index (χ2n) is 11.8. The molecule has 6 aromatic rings. The van der Waals surface area contributed by atoms with Crippen molar-refractivity contribution >= 4 is 11.9 Å². The van der Waals surface area contributed by atoms with Crippen LogP contribution in [-0.2, 0) is 6.54 Å². The van der Waals surface area contributed by atoms with E-state index in [1.54, 1.807) is 4.68 Å². The summed E-state index contributed by atoms with van der Waals surface area (Å²) in [5.74, 6) is 3.72. The highest BCUT2D eigenvalue weighted by Crippen LogP contribution is 2.36. The molecule has 10 nitrogen and oxygen atoms in total. The van der Waals surface area contributed by atoms with Crippen LogP contribution in [0.1, 0.15) is 33.3 Å². The Morgan fingerprint density at radius 3 is 1.87 bits per heavy atom. The summed E-state index contributed by atoms with van der Waals surface area (Å²) in [5, 5.41) is 15.3. The van der Waals surface area contributed by atoms with Gasteiger partial charge in [0.15, 0.2) is 17.3 Å². The van der Waals surface area contributed by atoms with E-state index in [0.29, 0.717) is 47.7 Å². The van der Waals surface area contributed by atoms with Gasteiger partial charge in [-0.2, -0.15) is 15.0 Å². The van der Waals surface area contributed by atoms with Crippen LogP contribution in [0.2, 0.25) is 0 Å². The standard InChI is InChI=1S/C35H37N9O/c1-23(2)19-36-34-39-32(40-35(41-34)37-20-24(3)4)29-22-44(43-42-29)21-25-15-17-28(18-16-25)33-38-30(26-11-7-5-8-12-26)31(45-33)27-13-9-6-10-14-27/h5-18,22-24H,19-21H2,1-4H3,(H2,36,37,39,40,41). The number of nitrogens with one attached hydrogen (secondary N) is 2. The average molecular weight is 600 g/mol. The van der Waals surface area contributed by atoms with Crippen molar-refractivity contribution < 1.29 is 4.42 Å². The number of nitrogens with zero attached hydrogens (tertiary/aromatic N) is 7. The molecule has 0 spiro atoms. The minimum absolute atomic E-state index is 0.449. The second kappa shape index (κ2) is 13.5. The van der Waals surface area contributed by atoms with E-state index in [0.717, 1.165) is 46.8 Å². The molecule has 0 aliphatic carbocycles. The zero-order valence-electron chi connectivity index (χ0n) is 26.0. The number of hydrogen-bond acceptors (Lipinski definition) is 9. The van der Waals surface area contributed by atoms with E-state index in [2.05, 4.69) is 75.7 Å². The van der Waals surface area contributed by atoms with Crippen LogP contribution in [0.25, 0.3) is 45.6 Å². The van der Waals surface area contributed by atoms with Crippen molar-refractivity contribution in [2.75, 3.05) is 23.7 Å². The van der Waals surface area contributed by atoms with Gasteiger partial charge in [-0.3, -0.25) is 0 Å². The molecule has 0 saturated carbocycles. The van der Waals surface area contributed by atoms with E-state index in [1.165, 1.54) is 0 Å². The summed E-state index contributed by atoms with van der Waals surface area (Å²) in [4.78, 5) is 18.7. The van der Waals surface area contributed by atoms with Crippen LogP contribution in [-0.4, -0.2) is 48.0 Å². The molecule has 0 unspecified atom stereocenters. The Bertz CT molecular complexity index is 1740. The summed E-state index contributed by atoms with van der Waals surface area (Å²) in [5.41, 5.74) is 5.34. The van der Waals surface area contributed by atoms with Gasteiger partial charge in [0, 0.05) is 29.8 Å². The molecule has 0 aliphatic rings. The van der Waals surface area contributed by atoms with E-state index in [-0.39, 0.29) is 0 Å². The largest absolute Gasteiger partial charge is 0.435 e. The van der Waals surface area contributed by atoms with Crippen LogP contribution in [0, 0.1) is 11.8 Å². The predicted molar refractivity (Wildman–Crippen MR) is 177 cm³/mol. The van der Waals surface area contributed by atoms with E-state index in [4.69, 9.17) is 9.40 Å². The molecule has 3 aromatic carbocycles. The molecular weight excluding hydrogens is 562 g/mol. The van der Waals surface area contributed by atoms with Gasteiger partial charge in [0.25, 0.3) is 0 Å². The third-order valence-corrected chi connectivity index (χ3v) is 7.00.